The topological polar surface area (TPSA) is 81.2 Å². The van der Waals surface area contributed by atoms with Gasteiger partial charge in [0.1, 0.15) is 12.0 Å². The molecule has 0 aliphatic carbocycles. The van der Waals surface area contributed by atoms with Gasteiger partial charge in [-0.1, -0.05) is 5.16 Å². The van der Waals surface area contributed by atoms with Crippen LogP contribution < -0.4 is 11.1 Å². The molecule has 0 spiro atoms. The summed E-state index contributed by atoms with van der Waals surface area (Å²) in [6.07, 6.45) is 2.77. The van der Waals surface area contributed by atoms with Crippen molar-refractivity contribution >= 4 is 33.2 Å². The Morgan fingerprint density at radius 1 is 1.50 bits per heavy atom. The molecule has 0 atom stereocenters. The number of benzene rings is 1. The molecule has 0 saturated heterocycles. The SMILES string of the molecule is Nc1ccc(C(=O)Nc2cnoc2)cc1Br. The van der Waals surface area contributed by atoms with Gasteiger partial charge < -0.3 is 15.6 Å². The highest BCUT2D eigenvalue weighted by Crippen LogP contribution is 2.21. The first-order valence-electron chi connectivity index (χ1n) is 4.42. The maximum atomic E-state index is 11.7. The molecule has 1 aromatic carbocycles. The molecule has 0 radical (unpaired) electrons. The summed E-state index contributed by atoms with van der Waals surface area (Å²) < 4.78 is 5.29. The van der Waals surface area contributed by atoms with Gasteiger partial charge in [0.25, 0.3) is 5.91 Å². The fraction of sp³-hybridized carbons (Fsp3) is 0. The lowest BCUT2D eigenvalue weighted by atomic mass is 10.2. The van der Waals surface area contributed by atoms with Gasteiger partial charge in [0.05, 0.1) is 6.20 Å². The smallest absolute Gasteiger partial charge is 0.255 e. The Morgan fingerprint density at radius 3 is 2.94 bits per heavy atom. The van der Waals surface area contributed by atoms with E-state index in [0.29, 0.717) is 21.4 Å². The van der Waals surface area contributed by atoms with Gasteiger partial charge in [-0.05, 0) is 34.1 Å². The second-order valence-electron chi connectivity index (χ2n) is 3.10. The minimum absolute atomic E-state index is 0.246. The van der Waals surface area contributed by atoms with Gasteiger partial charge in [-0.15, -0.1) is 0 Å². The predicted octanol–water partition coefficient (Wildman–Crippen LogP) is 2.27. The summed E-state index contributed by atoms with van der Waals surface area (Å²) in [6, 6.07) is 4.95. The summed E-state index contributed by atoms with van der Waals surface area (Å²) in [4.78, 5) is 11.7. The average molecular weight is 282 g/mol. The molecule has 0 bridgehead atoms. The average Bonchev–Trinajstić information content (AvgIpc) is 2.74. The highest BCUT2D eigenvalue weighted by Gasteiger charge is 2.08. The maximum Gasteiger partial charge on any atom is 0.255 e. The summed E-state index contributed by atoms with van der Waals surface area (Å²) in [6.45, 7) is 0. The fourth-order valence-corrected chi connectivity index (χ4v) is 1.52. The van der Waals surface area contributed by atoms with Crippen LogP contribution in [0.25, 0.3) is 0 Å². The third kappa shape index (κ3) is 2.22. The van der Waals surface area contributed by atoms with Crippen LogP contribution in [-0.4, -0.2) is 11.1 Å². The van der Waals surface area contributed by atoms with Gasteiger partial charge in [0.2, 0.25) is 0 Å². The summed E-state index contributed by atoms with van der Waals surface area (Å²) in [5, 5.41) is 6.11. The largest absolute Gasteiger partial charge is 0.398 e. The molecule has 2 rings (SSSR count). The van der Waals surface area contributed by atoms with E-state index in [1.165, 1.54) is 12.5 Å². The van der Waals surface area contributed by atoms with Crippen LogP contribution in [0.2, 0.25) is 0 Å². The number of nitrogens with zero attached hydrogens (tertiary/aromatic N) is 1. The lowest BCUT2D eigenvalue weighted by molar-refractivity contribution is 0.102. The third-order valence-electron chi connectivity index (χ3n) is 1.95. The van der Waals surface area contributed by atoms with Crippen molar-refractivity contribution in [2.24, 2.45) is 0 Å². The lowest BCUT2D eigenvalue weighted by Crippen LogP contribution is -2.11. The van der Waals surface area contributed by atoms with Crippen LogP contribution in [0.1, 0.15) is 10.4 Å². The number of rotatable bonds is 2. The maximum absolute atomic E-state index is 11.7. The van der Waals surface area contributed by atoms with Crippen LogP contribution in [0.5, 0.6) is 0 Å². The normalized spacial score (nSPS) is 10.1. The number of nitrogens with two attached hydrogens (primary N) is 1. The Bertz CT molecular complexity index is 511. The van der Waals surface area contributed by atoms with Crippen molar-refractivity contribution in [3.63, 3.8) is 0 Å². The predicted molar refractivity (Wildman–Crippen MR) is 63.0 cm³/mol. The number of nitrogen functional groups attached to an aromatic ring is 1. The molecule has 6 heteroatoms. The van der Waals surface area contributed by atoms with Crippen molar-refractivity contribution in [1.82, 2.24) is 5.16 Å². The van der Waals surface area contributed by atoms with Crippen LogP contribution >= 0.6 is 15.9 Å². The van der Waals surface area contributed by atoms with Crippen molar-refractivity contribution in [3.8, 4) is 0 Å². The standard InChI is InChI=1S/C10H8BrN3O2/c11-8-3-6(1-2-9(8)12)10(15)14-7-4-13-16-5-7/h1-5H,12H2,(H,14,15). The molecule has 0 aliphatic rings. The number of nitrogens with one attached hydrogen (secondary N) is 1. The fourth-order valence-electron chi connectivity index (χ4n) is 1.14. The first-order chi connectivity index (χ1) is 7.66. The van der Waals surface area contributed by atoms with Crippen LogP contribution in [0, 0.1) is 0 Å². The van der Waals surface area contributed by atoms with Gasteiger partial charge in [-0.2, -0.15) is 0 Å². The highest BCUT2D eigenvalue weighted by atomic mass is 79.9. The Morgan fingerprint density at radius 2 is 2.31 bits per heavy atom. The van der Waals surface area contributed by atoms with E-state index in [0.717, 1.165) is 0 Å². The number of amides is 1. The Labute approximate surface area is 99.7 Å². The van der Waals surface area contributed by atoms with Crippen molar-refractivity contribution < 1.29 is 9.32 Å². The number of hydrogen-bond acceptors (Lipinski definition) is 4. The number of carbonyl (C=O) groups excluding carboxylic acids is 1. The quantitative estimate of drug-likeness (QED) is 0.828. The van der Waals surface area contributed by atoms with Crippen LogP contribution in [-0.2, 0) is 0 Å². The van der Waals surface area contributed by atoms with Crippen LogP contribution in [0.3, 0.4) is 0 Å². The number of aromatic nitrogens is 1. The lowest BCUT2D eigenvalue weighted by Gasteiger charge is -2.03. The summed E-state index contributed by atoms with van der Waals surface area (Å²) in [7, 11) is 0. The molecule has 1 amide bonds. The second kappa shape index (κ2) is 4.36. The van der Waals surface area contributed by atoms with E-state index in [-0.39, 0.29) is 5.91 Å². The molecular weight excluding hydrogens is 274 g/mol. The van der Waals surface area contributed by atoms with Crippen molar-refractivity contribution in [2.45, 2.75) is 0 Å². The summed E-state index contributed by atoms with van der Waals surface area (Å²) in [5.41, 5.74) is 7.22. The summed E-state index contributed by atoms with van der Waals surface area (Å²) >= 11 is 3.26. The zero-order valence-corrected chi connectivity index (χ0v) is 9.69. The molecular formula is C10H8BrN3O2. The van der Waals surface area contributed by atoms with Crippen molar-refractivity contribution in [3.05, 3.63) is 40.7 Å². The number of carbonyl (C=O) groups is 1. The third-order valence-corrected chi connectivity index (χ3v) is 2.64. The molecule has 0 fully saturated rings. The van der Waals surface area contributed by atoms with Crippen LogP contribution in [0.4, 0.5) is 11.4 Å². The second-order valence-corrected chi connectivity index (χ2v) is 3.96. The molecule has 3 N–H and O–H groups in total. The van der Waals surface area contributed by atoms with Gasteiger partial charge >= 0.3 is 0 Å². The van der Waals surface area contributed by atoms with E-state index in [4.69, 9.17) is 5.73 Å². The highest BCUT2D eigenvalue weighted by molar-refractivity contribution is 9.10. The summed E-state index contributed by atoms with van der Waals surface area (Å²) in [5.74, 6) is -0.246. The van der Waals surface area contributed by atoms with Crippen molar-refractivity contribution in [1.29, 1.82) is 0 Å². The van der Waals surface area contributed by atoms with E-state index in [1.54, 1.807) is 18.2 Å². The molecule has 0 aliphatic heterocycles. The first kappa shape index (κ1) is 10.7. The monoisotopic (exact) mass is 281 g/mol. The molecule has 82 valence electrons. The van der Waals surface area contributed by atoms with Gasteiger partial charge in [-0.25, -0.2) is 0 Å². The van der Waals surface area contributed by atoms with Crippen LogP contribution in [0.15, 0.2) is 39.7 Å². The number of hydrogen-bond donors (Lipinski definition) is 2. The van der Waals surface area contributed by atoms with E-state index in [9.17, 15) is 4.79 Å². The zero-order valence-electron chi connectivity index (χ0n) is 8.11. The Kier molecular flexibility index (Phi) is 2.91. The molecule has 5 nitrogen and oxygen atoms in total. The van der Waals surface area contributed by atoms with Gasteiger partial charge in [-0.3, -0.25) is 4.79 Å². The minimum atomic E-state index is -0.246. The molecule has 16 heavy (non-hydrogen) atoms. The van der Waals surface area contributed by atoms with E-state index in [2.05, 4.69) is 30.9 Å². The molecule has 0 saturated carbocycles. The molecule has 2 aromatic rings. The van der Waals surface area contributed by atoms with Gasteiger partial charge in [0.15, 0.2) is 0 Å². The van der Waals surface area contributed by atoms with E-state index < -0.39 is 0 Å². The molecule has 0 unspecified atom stereocenters. The Hall–Kier alpha value is -1.82. The number of halogens is 1. The van der Waals surface area contributed by atoms with Gasteiger partial charge in [0, 0.05) is 15.7 Å². The Balaban J connectivity index is 2.18. The zero-order chi connectivity index (χ0) is 11.5. The molecule has 1 aromatic heterocycles. The minimum Gasteiger partial charge on any atom is -0.398 e. The van der Waals surface area contributed by atoms with Crippen molar-refractivity contribution in [2.75, 3.05) is 11.1 Å². The first-order valence-corrected chi connectivity index (χ1v) is 5.22. The number of anilines is 2. The van der Waals surface area contributed by atoms with E-state index in [1.807, 2.05) is 0 Å². The van der Waals surface area contributed by atoms with E-state index >= 15 is 0 Å². The molecule has 1 heterocycles.